The van der Waals surface area contributed by atoms with E-state index < -0.39 is 48.1 Å². The van der Waals surface area contributed by atoms with Gasteiger partial charge in [0.2, 0.25) is 0 Å². The second-order valence-electron chi connectivity index (χ2n) is 5.64. The van der Waals surface area contributed by atoms with Crippen LogP contribution in [-0.4, -0.2) is 35.7 Å². The molecule has 0 fully saturated rings. The normalized spacial score (nSPS) is 14.2. The van der Waals surface area contributed by atoms with E-state index in [0.717, 1.165) is 6.07 Å². The molecule has 0 aliphatic rings. The molecular formula is C18H23FO6. The number of carbonyl (C=O) groups excluding carboxylic acids is 2. The molecule has 3 atom stereocenters. The fourth-order valence-electron chi connectivity index (χ4n) is 2.37. The zero-order valence-electron chi connectivity index (χ0n) is 14.5. The van der Waals surface area contributed by atoms with Gasteiger partial charge in [0.25, 0.3) is 0 Å². The summed E-state index contributed by atoms with van der Waals surface area (Å²) in [5, 5.41) is 9.19. The molecule has 0 saturated heterocycles. The van der Waals surface area contributed by atoms with Crippen molar-refractivity contribution in [3.05, 3.63) is 35.6 Å². The van der Waals surface area contributed by atoms with Gasteiger partial charge in [-0.1, -0.05) is 19.1 Å². The average Bonchev–Trinajstić information content (AvgIpc) is 2.54. The fraction of sp³-hybridized carbons (Fsp3) is 0.500. The van der Waals surface area contributed by atoms with Crippen LogP contribution >= 0.6 is 0 Å². The second kappa shape index (κ2) is 9.76. The van der Waals surface area contributed by atoms with E-state index in [1.807, 2.05) is 0 Å². The lowest BCUT2D eigenvalue weighted by Gasteiger charge is -2.25. The zero-order chi connectivity index (χ0) is 19.0. The molecule has 0 radical (unpaired) electrons. The van der Waals surface area contributed by atoms with E-state index in [4.69, 9.17) is 9.47 Å². The fourth-order valence-corrected chi connectivity index (χ4v) is 2.37. The molecule has 6 nitrogen and oxygen atoms in total. The first kappa shape index (κ1) is 20.6. The van der Waals surface area contributed by atoms with Crippen LogP contribution in [0.25, 0.3) is 0 Å². The van der Waals surface area contributed by atoms with Gasteiger partial charge in [-0.25, -0.2) is 4.39 Å². The van der Waals surface area contributed by atoms with Gasteiger partial charge in [-0.05, 0) is 38.0 Å². The number of hydrogen-bond acceptors (Lipinski definition) is 5. The van der Waals surface area contributed by atoms with Crippen molar-refractivity contribution >= 4 is 17.9 Å². The Morgan fingerprint density at radius 2 is 1.88 bits per heavy atom. The number of aliphatic carboxylic acids is 1. The lowest BCUT2D eigenvalue weighted by atomic mass is 9.83. The largest absolute Gasteiger partial charge is 0.481 e. The number of esters is 2. The zero-order valence-corrected chi connectivity index (χ0v) is 14.5. The van der Waals surface area contributed by atoms with Crippen molar-refractivity contribution in [2.45, 2.75) is 45.6 Å². The maximum atomic E-state index is 13.6. The van der Waals surface area contributed by atoms with E-state index in [-0.39, 0.29) is 12.2 Å². The Morgan fingerprint density at radius 3 is 2.40 bits per heavy atom. The number of halogens is 1. The maximum absolute atomic E-state index is 13.6. The summed E-state index contributed by atoms with van der Waals surface area (Å²) < 4.78 is 23.7. The van der Waals surface area contributed by atoms with E-state index in [2.05, 4.69) is 0 Å². The molecule has 0 bridgehead atoms. The van der Waals surface area contributed by atoms with Crippen LogP contribution in [0.4, 0.5) is 4.39 Å². The minimum atomic E-state index is -1.48. The van der Waals surface area contributed by atoms with Gasteiger partial charge in [0.15, 0.2) is 5.92 Å². The van der Waals surface area contributed by atoms with Crippen molar-refractivity contribution < 1.29 is 33.4 Å². The summed E-state index contributed by atoms with van der Waals surface area (Å²) in [5.41, 5.74) is 0.224. The van der Waals surface area contributed by atoms with E-state index >= 15 is 0 Å². The van der Waals surface area contributed by atoms with Gasteiger partial charge >= 0.3 is 17.9 Å². The van der Waals surface area contributed by atoms with Gasteiger partial charge in [0.1, 0.15) is 5.82 Å². The van der Waals surface area contributed by atoms with Crippen LogP contribution in [0, 0.1) is 11.7 Å². The first-order valence-corrected chi connectivity index (χ1v) is 8.14. The third kappa shape index (κ3) is 6.17. The third-order valence-corrected chi connectivity index (χ3v) is 3.76. The van der Waals surface area contributed by atoms with E-state index in [1.54, 1.807) is 20.8 Å². The highest BCUT2D eigenvalue weighted by atomic mass is 19.1. The van der Waals surface area contributed by atoms with Gasteiger partial charge in [-0.2, -0.15) is 0 Å². The Bertz CT molecular complexity index is 615. The number of carbonyl (C=O) groups is 3. The summed E-state index contributed by atoms with van der Waals surface area (Å²) >= 11 is 0. The van der Waals surface area contributed by atoms with Gasteiger partial charge in [-0.3, -0.25) is 14.4 Å². The highest BCUT2D eigenvalue weighted by molar-refractivity contribution is 5.96. The molecule has 0 heterocycles. The van der Waals surface area contributed by atoms with Crippen molar-refractivity contribution in [2.75, 3.05) is 6.61 Å². The summed E-state index contributed by atoms with van der Waals surface area (Å²) in [6, 6.07) is 5.16. The third-order valence-electron chi connectivity index (χ3n) is 3.76. The van der Waals surface area contributed by atoms with Gasteiger partial charge in [0, 0.05) is 5.92 Å². The number of carboxylic acids is 1. The van der Waals surface area contributed by atoms with E-state index in [1.165, 1.54) is 18.2 Å². The Hall–Kier alpha value is -2.44. The standard InChI is InChI=1S/C18H23FO6/c1-4-11(3)25-18(23)16(17(22)24-5-2)14(10-15(20)21)12-7-6-8-13(19)9-12/h6-9,11,14,16H,4-5,10H2,1-3H3,(H,20,21). The van der Waals surface area contributed by atoms with Crippen molar-refractivity contribution in [3.8, 4) is 0 Å². The van der Waals surface area contributed by atoms with E-state index in [9.17, 15) is 23.9 Å². The molecule has 3 unspecified atom stereocenters. The summed E-state index contributed by atoms with van der Waals surface area (Å²) in [7, 11) is 0. The lowest BCUT2D eigenvalue weighted by Crippen LogP contribution is -2.36. The summed E-state index contributed by atoms with van der Waals surface area (Å²) in [5.74, 6) is -6.14. The molecule has 1 aromatic carbocycles. The monoisotopic (exact) mass is 354 g/mol. The molecule has 1 N–H and O–H groups in total. The summed E-state index contributed by atoms with van der Waals surface area (Å²) in [4.78, 5) is 36.1. The Kier molecular flexibility index (Phi) is 8.04. The van der Waals surface area contributed by atoms with Crippen LogP contribution in [0.3, 0.4) is 0 Å². The molecular weight excluding hydrogens is 331 g/mol. The molecule has 1 aromatic rings. The Labute approximate surface area is 145 Å². The minimum Gasteiger partial charge on any atom is -0.481 e. The Balaban J connectivity index is 3.29. The molecule has 138 valence electrons. The second-order valence-corrected chi connectivity index (χ2v) is 5.64. The first-order valence-electron chi connectivity index (χ1n) is 8.14. The number of ether oxygens (including phenoxy) is 2. The van der Waals surface area contributed by atoms with Gasteiger partial charge in [-0.15, -0.1) is 0 Å². The Morgan fingerprint density at radius 1 is 1.20 bits per heavy atom. The highest BCUT2D eigenvalue weighted by Gasteiger charge is 2.40. The van der Waals surface area contributed by atoms with Crippen LogP contribution < -0.4 is 0 Å². The SMILES string of the molecule is CCOC(=O)C(C(=O)OC(C)CC)C(CC(=O)O)c1cccc(F)c1. The van der Waals surface area contributed by atoms with Crippen LogP contribution in [-0.2, 0) is 23.9 Å². The molecule has 0 saturated carbocycles. The predicted molar refractivity (Wildman–Crippen MR) is 87.4 cm³/mol. The number of benzene rings is 1. The molecule has 0 aromatic heterocycles. The van der Waals surface area contributed by atoms with Crippen LogP contribution in [0.2, 0.25) is 0 Å². The molecule has 0 spiro atoms. The molecule has 0 amide bonds. The van der Waals surface area contributed by atoms with Gasteiger partial charge < -0.3 is 14.6 Å². The maximum Gasteiger partial charge on any atom is 0.321 e. The van der Waals surface area contributed by atoms with Crippen LogP contribution in [0.5, 0.6) is 0 Å². The quantitative estimate of drug-likeness (QED) is 0.542. The van der Waals surface area contributed by atoms with Crippen molar-refractivity contribution in [2.24, 2.45) is 5.92 Å². The number of carboxylic acid groups (broad SMARTS) is 1. The molecule has 1 rings (SSSR count). The predicted octanol–water partition coefficient (Wildman–Crippen LogP) is 2.91. The lowest BCUT2D eigenvalue weighted by molar-refractivity contribution is -0.166. The number of hydrogen-bond donors (Lipinski definition) is 1. The molecule has 7 heteroatoms. The summed E-state index contributed by atoms with van der Waals surface area (Å²) in [6.07, 6.45) is -0.449. The van der Waals surface area contributed by atoms with Crippen LogP contribution in [0.15, 0.2) is 24.3 Å². The smallest absolute Gasteiger partial charge is 0.321 e. The van der Waals surface area contributed by atoms with Crippen molar-refractivity contribution in [3.63, 3.8) is 0 Å². The summed E-state index contributed by atoms with van der Waals surface area (Å²) in [6.45, 7) is 5.06. The molecule has 25 heavy (non-hydrogen) atoms. The molecule has 0 aliphatic carbocycles. The first-order chi connectivity index (χ1) is 11.8. The van der Waals surface area contributed by atoms with Crippen molar-refractivity contribution in [1.29, 1.82) is 0 Å². The topological polar surface area (TPSA) is 89.9 Å². The van der Waals surface area contributed by atoms with Crippen LogP contribution in [0.1, 0.15) is 45.1 Å². The number of rotatable bonds is 9. The average molecular weight is 354 g/mol. The molecule has 0 aliphatic heterocycles. The minimum absolute atomic E-state index is 0.0227. The van der Waals surface area contributed by atoms with Gasteiger partial charge in [0.05, 0.1) is 19.1 Å². The van der Waals surface area contributed by atoms with E-state index in [0.29, 0.717) is 6.42 Å². The highest BCUT2D eigenvalue weighted by Crippen LogP contribution is 2.31. The van der Waals surface area contributed by atoms with Crippen molar-refractivity contribution in [1.82, 2.24) is 0 Å².